The van der Waals surface area contributed by atoms with Crippen molar-refractivity contribution in [3.8, 4) is 5.75 Å². The average molecular weight is 299 g/mol. The number of thiocarbonyl (C=S) groups is 1. The molecule has 0 atom stereocenters. The van der Waals surface area contributed by atoms with E-state index in [4.69, 9.17) is 17.0 Å². The SMILES string of the molecule is CNC(=S)N/N=C/c1ccccc1COc1ccccc1. The van der Waals surface area contributed by atoms with Crippen LogP contribution in [0, 0.1) is 0 Å². The van der Waals surface area contributed by atoms with Crippen LogP contribution < -0.4 is 15.5 Å². The molecule has 0 aliphatic heterocycles. The van der Waals surface area contributed by atoms with Gasteiger partial charge in [0.1, 0.15) is 12.4 Å². The monoisotopic (exact) mass is 299 g/mol. The summed E-state index contributed by atoms with van der Waals surface area (Å²) in [7, 11) is 1.74. The van der Waals surface area contributed by atoms with E-state index in [-0.39, 0.29) is 0 Å². The second-order valence-electron chi connectivity index (χ2n) is 4.25. The molecule has 0 saturated carbocycles. The first kappa shape index (κ1) is 15.0. The minimum absolute atomic E-state index is 0.476. The maximum Gasteiger partial charge on any atom is 0.186 e. The molecule has 0 unspecified atom stereocenters. The van der Waals surface area contributed by atoms with Crippen molar-refractivity contribution in [1.82, 2.24) is 10.7 Å². The molecule has 2 rings (SSSR count). The fraction of sp³-hybridized carbons (Fsp3) is 0.125. The summed E-state index contributed by atoms with van der Waals surface area (Å²) in [6.07, 6.45) is 1.73. The van der Waals surface area contributed by atoms with Gasteiger partial charge >= 0.3 is 0 Å². The summed E-state index contributed by atoms with van der Waals surface area (Å²) in [6, 6.07) is 17.7. The molecule has 0 aliphatic rings. The van der Waals surface area contributed by atoms with E-state index < -0.39 is 0 Å². The van der Waals surface area contributed by atoms with Crippen LogP contribution in [-0.2, 0) is 6.61 Å². The Morgan fingerprint density at radius 3 is 2.62 bits per heavy atom. The van der Waals surface area contributed by atoms with Crippen LogP contribution in [0.2, 0.25) is 0 Å². The second kappa shape index (κ2) is 8.01. The number of hydrazone groups is 1. The first-order valence-corrected chi connectivity index (χ1v) is 6.97. The van der Waals surface area contributed by atoms with Crippen LogP contribution in [0.5, 0.6) is 5.75 Å². The van der Waals surface area contributed by atoms with Crippen LogP contribution in [0.4, 0.5) is 0 Å². The zero-order valence-corrected chi connectivity index (χ0v) is 12.6. The minimum Gasteiger partial charge on any atom is -0.489 e. The summed E-state index contributed by atoms with van der Waals surface area (Å²) < 4.78 is 5.76. The number of benzene rings is 2. The first-order valence-electron chi connectivity index (χ1n) is 6.56. The zero-order valence-electron chi connectivity index (χ0n) is 11.7. The predicted octanol–water partition coefficient (Wildman–Crippen LogP) is 2.69. The Morgan fingerprint density at radius 1 is 1.14 bits per heavy atom. The summed E-state index contributed by atoms with van der Waals surface area (Å²) in [4.78, 5) is 0. The molecule has 0 spiro atoms. The van der Waals surface area contributed by atoms with Gasteiger partial charge in [-0.15, -0.1) is 0 Å². The molecule has 0 aliphatic carbocycles. The molecular formula is C16H17N3OS. The van der Waals surface area contributed by atoms with Gasteiger partial charge in [0, 0.05) is 12.6 Å². The van der Waals surface area contributed by atoms with Crippen molar-refractivity contribution in [1.29, 1.82) is 0 Å². The maximum absolute atomic E-state index is 5.76. The van der Waals surface area contributed by atoms with Gasteiger partial charge in [-0.2, -0.15) is 5.10 Å². The molecule has 0 heterocycles. The summed E-state index contributed by atoms with van der Waals surface area (Å²) in [6.45, 7) is 0.489. The number of nitrogens with one attached hydrogen (secondary N) is 2. The molecule has 21 heavy (non-hydrogen) atoms. The lowest BCUT2D eigenvalue weighted by Gasteiger charge is -2.08. The average Bonchev–Trinajstić information content (AvgIpc) is 2.54. The topological polar surface area (TPSA) is 45.7 Å². The molecule has 0 amide bonds. The molecule has 2 N–H and O–H groups in total. The highest BCUT2D eigenvalue weighted by atomic mass is 32.1. The molecule has 2 aromatic rings. The smallest absolute Gasteiger partial charge is 0.186 e. The Bertz CT molecular complexity index is 614. The van der Waals surface area contributed by atoms with Gasteiger partial charge in [0.2, 0.25) is 0 Å². The van der Waals surface area contributed by atoms with Gasteiger partial charge < -0.3 is 10.1 Å². The van der Waals surface area contributed by atoms with E-state index in [0.29, 0.717) is 11.7 Å². The van der Waals surface area contributed by atoms with Crippen LogP contribution in [0.25, 0.3) is 0 Å². The van der Waals surface area contributed by atoms with Crippen molar-refractivity contribution in [3.63, 3.8) is 0 Å². The summed E-state index contributed by atoms with van der Waals surface area (Å²) in [5.74, 6) is 0.846. The highest BCUT2D eigenvalue weighted by Crippen LogP contribution is 2.13. The summed E-state index contributed by atoms with van der Waals surface area (Å²) in [5.41, 5.74) is 4.77. The van der Waals surface area contributed by atoms with Gasteiger partial charge in [0.25, 0.3) is 0 Å². The van der Waals surface area contributed by atoms with Gasteiger partial charge in [-0.25, -0.2) is 0 Å². The first-order chi connectivity index (χ1) is 10.3. The van der Waals surface area contributed by atoms with E-state index in [1.165, 1.54) is 0 Å². The van der Waals surface area contributed by atoms with E-state index >= 15 is 0 Å². The second-order valence-corrected chi connectivity index (χ2v) is 4.66. The molecule has 0 radical (unpaired) electrons. The van der Waals surface area contributed by atoms with E-state index in [1.807, 2.05) is 54.6 Å². The lowest BCUT2D eigenvalue weighted by Crippen LogP contribution is -2.28. The quantitative estimate of drug-likeness (QED) is 0.506. The number of hydrogen-bond donors (Lipinski definition) is 2. The van der Waals surface area contributed by atoms with Crippen LogP contribution in [0.3, 0.4) is 0 Å². The number of para-hydroxylation sites is 1. The molecule has 0 saturated heterocycles. The Kier molecular flexibility index (Phi) is 5.72. The van der Waals surface area contributed by atoms with Crippen molar-refractivity contribution in [2.75, 3.05) is 7.05 Å². The Morgan fingerprint density at radius 2 is 1.86 bits per heavy atom. The third-order valence-corrected chi connectivity index (χ3v) is 3.08. The summed E-state index contributed by atoms with van der Waals surface area (Å²) >= 11 is 4.96. The lowest BCUT2D eigenvalue weighted by molar-refractivity contribution is 0.306. The van der Waals surface area contributed by atoms with Crippen molar-refractivity contribution in [2.45, 2.75) is 6.61 Å². The minimum atomic E-state index is 0.476. The summed E-state index contributed by atoms with van der Waals surface area (Å²) in [5, 5.41) is 7.36. The maximum atomic E-state index is 5.76. The predicted molar refractivity (Wildman–Crippen MR) is 89.6 cm³/mol. The van der Waals surface area contributed by atoms with Gasteiger partial charge in [0.15, 0.2) is 5.11 Å². The Balaban J connectivity index is 2.01. The van der Waals surface area contributed by atoms with Crippen LogP contribution in [-0.4, -0.2) is 18.4 Å². The highest BCUT2D eigenvalue weighted by molar-refractivity contribution is 7.80. The molecule has 4 nitrogen and oxygen atoms in total. The van der Waals surface area contributed by atoms with Crippen molar-refractivity contribution >= 4 is 23.5 Å². The fourth-order valence-corrected chi connectivity index (χ4v) is 1.74. The van der Waals surface area contributed by atoms with Crippen molar-refractivity contribution in [3.05, 3.63) is 65.7 Å². The molecular weight excluding hydrogens is 282 g/mol. The molecule has 5 heteroatoms. The van der Waals surface area contributed by atoms with Crippen molar-refractivity contribution < 1.29 is 4.74 Å². The van der Waals surface area contributed by atoms with E-state index in [2.05, 4.69) is 15.8 Å². The van der Waals surface area contributed by atoms with Crippen LogP contribution in [0.15, 0.2) is 59.7 Å². The number of rotatable bonds is 5. The Hall–Kier alpha value is -2.40. The van der Waals surface area contributed by atoms with E-state index in [9.17, 15) is 0 Å². The molecule has 0 bridgehead atoms. The molecule has 2 aromatic carbocycles. The lowest BCUT2D eigenvalue weighted by atomic mass is 10.1. The molecule has 0 fully saturated rings. The molecule has 0 aromatic heterocycles. The largest absolute Gasteiger partial charge is 0.489 e. The number of hydrogen-bond acceptors (Lipinski definition) is 3. The highest BCUT2D eigenvalue weighted by Gasteiger charge is 2.00. The van der Waals surface area contributed by atoms with Crippen LogP contribution in [0.1, 0.15) is 11.1 Å². The zero-order chi connectivity index (χ0) is 14.9. The standard InChI is InChI=1S/C16H17N3OS/c1-17-16(21)19-18-11-13-7-5-6-8-14(13)12-20-15-9-3-2-4-10-15/h2-11H,12H2,1H3,(H2,17,19,21)/b18-11+. The van der Waals surface area contributed by atoms with E-state index in [0.717, 1.165) is 16.9 Å². The van der Waals surface area contributed by atoms with Crippen molar-refractivity contribution in [2.24, 2.45) is 5.10 Å². The number of ether oxygens (including phenoxy) is 1. The van der Waals surface area contributed by atoms with Gasteiger partial charge in [-0.1, -0.05) is 42.5 Å². The van der Waals surface area contributed by atoms with Gasteiger partial charge in [-0.3, -0.25) is 5.43 Å². The number of nitrogens with zero attached hydrogens (tertiary/aromatic N) is 1. The van der Waals surface area contributed by atoms with Gasteiger partial charge in [-0.05, 0) is 29.9 Å². The Labute approximate surface area is 129 Å². The van der Waals surface area contributed by atoms with Gasteiger partial charge in [0.05, 0.1) is 6.21 Å². The fourth-order valence-electron chi connectivity index (χ4n) is 1.69. The van der Waals surface area contributed by atoms with E-state index in [1.54, 1.807) is 13.3 Å². The normalized spacial score (nSPS) is 10.3. The van der Waals surface area contributed by atoms with Crippen LogP contribution >= 0.6 is 12.2 Å². The molecule has 108 valence electrons. The third kappa shape index (κ3) is 4.89. The third-order valence-electron chi connectivity index (χ3n) is 2.79.